The third-order valence-corrected chi connectivity index (χ3v) is 3.07. The molecule has 4 N–H and O–H groups in total. The van der Waals surface area contributed by atoms with Crippen LogP contribution in [0.5, 0.6) is 0 Å². The molecule has 0 saturated carbocycles. The monoisotopic (exact) mass is 232 g/mol. The molecule has 0 radical (unpaired) electrons. The summed E-state index contributed by atoms with van der Waals surface area (Å²) in [7, 11) is 0. The predicted molar refractivity (Wildman–Crippen MR) is 60.6 cm³/mol. The van der Waals surface area contributed by atoms with Crippen molar-refractivity contribution in [1.29, 1.82) is 0 Å². The van der Waals surface area contributed by atoms with Crippen molar-refractivity contribution in [2.24, 2.45) is 5.73 Å². The van der Waals surface area contributed by atoms with Gasteiger partial charge in [0.1, 0.15) is 5.00 Å². The molecule has 5 heteroatoms. The van der Waals surface area contributed by atoms with Crippen molar-refractivity contribution >= 4 is 11.6 Å². The summed E-state index contributed by atoms with van der Waals surface area (Å²) < 4.78 is 0. The van der Waals surface area contributed by atoms with E-state index >= 15 is 0 Å². The molecule has 15 heavy (non-hydrogen) atoms. The van der Waals surface area contributed by atoms with E-state index < -0.39 is 5.00 Å². The average molecular weight is 233 g/mol. The maximum atomic E-state index is 8.93. The Bertz CT molecular complexity index is 252. The molecule has 0 spiro atoms. The van der Waals surface area contributed by atoms with Gasteiger partial charge in [0.2, 0.25) is 0 Å². The predicted octanol–water partition coefficient (Wildman–Crippen LogP) is -0.339. The fraction of sp³-hybridized carbons (Fsp3) is 0.600. The number of alkyl halides is 1. The molecule has 0 aromatic carbocycles. The first-order valence-corrected chi connectivity index (χ1v) is 5.30. The van der Waals surface area contributed by atoms with Crippen LogP contribution in [0.3, 0.4) is 0 Å². The molecule has 86 valence electrons. The second-order valence-electron chi connectivity index (χ2n) is 3.43. The molecule has 0 fully saturated rings. The van der Waals surface area contributed by atoms with Crippen LogP contribution in [0.2, 0.25) is 0 Å². The lowest BCUT2D eigenvalue weighted by molar-refractivity contribution is 0.115. The summed E-state index contributed by atoms with van der Waals surface area (Å²) in [6.45, 7) is 0.739. The Balaban J connectivity index is 2.79. The van der Waals surface area contributed by atoms with Crippen molar-refractivity contribution in [2.45, 2.75) is 11.0 Å². The normalized spacial score (nSPS) is 30.1. The molecule has 4 nitrogen and oxygen atoms in total. The summed E-state index contributed by atoms with van der Waals surface area (Å²) in [6.07, 6.45) is 7.23. The molecule has 0 saturated heterocycles. The highest BCUT2D eigenvalue weighted by atomic mass is 35.5. The van der Waals surface area contributed by atoms with Gasteiger partial charge in [-0.15, -0.1) is 0 Å². The largest absolute Gasteiger partial charge is 0.395 e. The summed E-state index contributed by atoms with van der Waals surface area (Å²) in [5.41, 5.74) is 5.90. The minimum atomic E-state index is -0.847. The average Bonchev–Trinajstić information content (AvgIpc) is 2.22. The zero-order valence-electron chi connectivity index (χ0n) is 8.51. The summed E-state index contributed by atoms with van der Waals surface area (Å²) in [4.78, 5) is 0.916. The molecule has 2 unspecified atom stereocenters. The van der Waals surface area contributed by atoms with Crippen molar-refractivity contribution in [3.05, 3.63) is 24.3 Å². The minimum absolute atomic E-state index is 0.0151. The van der Waals surface area contributed by atoms with E-state index in [9.17, 15) is 0 Å². The number of hydrogen-bond acceptors (Lipinski definition) is 4. The number of aliphatic hydroxyl groups excluding tert-OH is 2. The van der Waals surface area contributed by atoms with Gasteiger partial charge in [-0.3, -0.25) is 4.90 Å². The molecule has 2 atom stereocenters. The SMILES string of the molecule is NC1C=CC=CC1(Cl)N(CCO)CCO. The Kier molecular flexibility index (Phi) is 4.76. The Hall–Kier alpha value is -0.390. The highest BCUT2D eigenvalue weighted by Gasteiger charge is 2.37. The van der Waals surface area contributed by atoms with Crippen molar-refractivity contribution in [3.63, 3.8) is 0 Å². The Morgan fingerprint density at radius 3 is 2.33 bits per heavy atom. The smallest absolute Gasteiger partial charge is 0.134 e. The van der Waals surface area contributed by atoms with E-state index in [0.29, 0.717) is 13.1 Å². The van der Waals surface area contributed by atoms with Crippen molar-refractivity contribution < 1.29 is 10.2 Å². The summed E-state index contributed by atoms with van der Waals surface area (Å²) >= 11 is 6.39. The quantitative estimate of drug-likeness (QED) is 0.448. The van der Waals surface area contributed by atoms with Gasteiger partial charge in [-0.05, 0) is 6.08 Å². The molecule has 1 rings (SSSR count). The van der Waals surface area contributed by atoms with Crippen LogP contribution in [0.25, 0.3) is 0 Å². The Labute approximate surface area is 94.6 Å². The second-order valence-corrected chi connectivity index (χ2v) is 4.04. The fourth-order valence-corrected chi connectivity index (χ4v) is 1.95. The first-order chi connectivity index (χ1) is 7.15. The van der Waals surface area contributed by atoms with Gasteiger partial charge < -0.3 is 15.9 Å². The van der Waals surface area contributed by atoms with E-state index in [1.807, 2.05) is 12.2 Å². The molecular weight excluding hydrogens is 216 g/mol. The number of nitrogens with two attached hydrogens (primary N) is 1. The van der Waals surface area contributed by atoms with Crippen LogP contribution in [-0.4, -0.2) is 52.5 Å². The van der Waals surface area contributed by atoms with E-state index in [4.69, 9.17) is 27.5 Å². The van der Waals surface area contributed by atoms with Gasteiger partial charge in [0.05, 0.1) is 19.3 Å². The minimum Gasteiger partial charge on any atom is -0.395 e. The Morgan fingerprint density at radius 2 is 1.87 bits per heavy atom. The van der Waals surface area contributed by atoms with E-state index in [1.165, 1.54) is 0 Å². The first kappa shape index (κ1) is 12.7. The topological polar surface area (TPSA) is 69.7 Å². The first-order valence-electron chi connectivity index (χ1n) is 4.92. The van der Waals surface area contributed by atoms with E-state index in [0.717, 1.165) is 0 Å². The summed E-state index contributed by atoms with van der Waals surface area (Å²) in [5, 5.41) is 17.9. The highest BCUT2D eigenvalue weighted by molar-refractivity contribution is 6.25. The molecule has 1 aliphatic rings. The van der Waals surface area contributed by atoms with Crippen LogP contribution < -0.4 is 5.73 Å². The number of halogens is 1. The number of rotatable bonds is 5. The van der Waals surface area contributed by atoms with Crippen LogP contribution in [0, 0.1) is 0 Å². The van der Waals surface area contributed by atoms with Gasteiger partial charge in [0.25, 0.3) is 0 Å². The van der Waals surface area contributed by atoms with Crippen LogP contribution in [0.4, 0.5) is 0 Å². The van der Waals surface area contributed by atoms with Crippen LogP contribution in [-0.2, 0) is 0 Å². The molecule has 1 aliphatic carbocycles. The van der Waals surface area contributed by atoms with Crippen LogP contribution >= 0.6 is 11.6 Å². The van der Waals surface area contributed by atoms with E-state index in [-0.39, 0.29) is 19.3 Å². The number of allylic oxidation sites excluding steroid dienone is 2. The van der Waals surface area contributed by atoms with E-state index in [2.05, 4.69) is 0 Å². The summed E-state index contributed by atoms with van der Waals surface area (Å²) in [6, 6.07) is -0.345. The van der Waals surface area contributed by atoms with Crippen LogP contribution in [0.1, 0.15) is 0 Å². The molecule has 0 aliphatic heterocycles. The van der Waals surface area contributed by atoms with Crippen molar-refractivity contribution in [2.75, 3.05) is 26.3 Å². The number of aliphatic hydroxyl groups is 2. The van der Waals surface area contributed by atoms with Gasteiger partial charge in [0.15, 0.2) is 0 Å². The van der Waals surface area contributed by atoms with Crippen molar-refractivity contribution in [1.82, 2.24) is 4.90 Å². The highest BCUT2D eigenvalue weighted by Crippen LogP contribution is 2.28. The maximum Gasteiger partial charge on any atom is 0.134 e. The van der Waals surface area contributed by atoms with Gasteiger partial charge in [-0.2, -0.15) is 0 Å². The number of hydrogen-bond donors (Lipinski definition) is 3. The third kappa shape index (κ3) is 2.80. The molecule has 0 heterocycles. The third-order valence-electron chi connectivity index (χ3n) is 2.45. The zero-order chi connectivity index (χ0) is 11.3. The Morgan fingerprint density at radius 1 is 1.27 bits per heavy atom. The lowest BCUT2D eigenvalue weighted by atomic mass is 10.0. The number of nitrogens with zero attached hydrogens (tertiary/aromatic N) is 1. The van der Waals surface area contributed by atoms with Gasteiger partial charge in [-0.1, -0.05) is 29.8 Å². The fourth-order valence-electron chi connectivity index (χ4n) is 1.63. The van der Waals surface area contributed by atoms with Gasteiger partial charge in [-0.25, -0.2) is 0 Å². The molecule has 0 aromatic heterocycles. The van der Waals surface area contributed by atoms with Gasteiger partial charge >= 0.3 is 0 Å². The van der Waals surface area contributed by atoms with E-state index in [1.54, 1.807) is 17.1 Å². The van der Waals surface area contributed by atoms with Gasteiger partial charge in [0, 0.05) is 13.1 Å². The lowest BCUT2D eigenvalue weighted by Crippen LogP contribution is -2.56. The standard InChI is InChI=1S/C10H17ClN2O2/c11-10(4-2-1-3-9(10)12)13(5-7-14)6-8-15/h1-4,9,14-15H,5-8,12H2. The molecule has 0 bridgehead atoms. The second kappa shape index (κ2) is 5.63. The zero-order valence-corrected chi connectivity index (χ0v) is 9.27. The molecule has 0 amide bonds. The maximum absolute atomic E-state index is 8.93. The molecule has 0 aromatic rings. The lowest BCUT2D eigenvalue weighted by Gasteiger charge is -2.40. The summed E-state index contributed by atoms with van der Waals surface area (Å²) in [5.74, 6) is 0. The van der Waals surface area contributed by atoms with Crippen molar-refractivity contribution in [3.8, 4) is 0 Å². The molecular formula is C10H17ClN2O2. The van der Waals surface area contributed by atoms with Crippen LogP contribution in [0.15, 0.2) is 24.3 Å².